The Morgan fingerprint density at radius 2 is 1.95 bits per heavy atom. The van der Waals surface area contributed by atoms with Crippen molar-refractivity contribution in [3.63, 3.8) is 0 Å². The van der Waals surface area contributed by atoms with E-state index in [9.17, 15) is 18.5 Å². The van der Waals surface area contributed by atoms with Gasteiger partial charge in [0.15, 0.2) is 0 Å². The lowest BCUT2D eigenvalue weighted by molar-refractivity contribution is -0.385. The molecule has 0 aromatic heterocycles. The van der Waals surface area contributed by atoms with Gasteiger partial charge in [0.25, 0.3) is 15.8 Å². The minimum Gasteiger partial charge on any atom is -0.306 e. The predicted molar refractivity (Wildman–Crippen MR) is 72.4 cm³/mol. The van der Waals surface area contributed by atoms with E-state index in [0.29, 0.717) is 5.56 Å². The van der Waals surface area contributed by atoms with Gasteiger partial charge < -0.3 is 4.90 Å². The number of rotatable bonds is 3. The quantitative estimate of drug-likeness (QED) is 0.517. The summed E-state index contributed by atoms with van der Waals surface area (Å²) >= 11 is 0. The van der Waals surface area contributed by atoms with Crippen LogP contribution in [0.2, 0.25) is 0 Å². The van der Waals surface area contributed by atoms with Crippen LogP contribution in [0, 0.1) is 10.1 Å². The minimum atomic E-state index is -4.35. The van der Waals surface area contributed by atoms with Gasteiger partial charge in [0.05, 0.1) is 9.82 Å². The van der Waals surface area contributed by atoms with Crippen molar-refractivity contribution >= 4 is 15.8 Å². The molecule has 0 aliphatic carbocycles. The summed E-state index contributed by atoms with van der Waals surface area (Å²) in [6.07, 6.45) is 1.46. The van der Waals surface area contributed by atoms with Crippen molar-refractivity contribution in [2.45, 2.75) is 23.7 Å². The van der Waals surface area contributed by atoms with Gasteiger partial charge >= 0.3 is 0 Å². The number of nitro benzene ring substituents is 1. The van der Waals surface area contributed by atoms with Crippen molar-refractivity contribution in [2.75, 3.05) is 20.1 Å². The predicted octanol–water partition coefficient (Wildman–Crippen LogP) is 1.65. The summed E-state index contributed by atoms with van der Waals surface area (Å²) in [6.45, 7) is 1.61. The van der Waals surface area contributed by atoms with E-state index in [0.717, 1.165) is 38.1 Å². The van der Waals surface area contributed by atoms with E-state index in [1.807, 2.05) is 7.05 Å². The molecule has 1 aliphatic rings. The summed E-state index contributed by atoms with van der Waals surface area (Å²) in [5, 5.41) is 11.1. The van der Waals surface area contributed by atoms with Gasteiger partial charge in [0.2, 0.25) is 0 Å². The lowest BCUT2D eigenvalue weighted by atomic mass is 9.88. The van der Waals surface area contributed by atoms with Gasteiger partial charge in [-0.1, -0.05) is 0 Å². The van der Waals surface area contributed by atoms with Crippen LogP contribution in [0.5, 0.6) is 0 Å². The van der Waals surface area contributed by atoms with Gasteiger partial charge in [-0.25, -0.2) is 0 Å². The van der Waals surface area contributed by atoms with Crippen LogP contribution in [0.15, 0.2) is 23.1 Å². The molecular weight excluding hydrogens is 284 g/mol. The fourth-order valence-corrected chi connectivity index (χ4v) is 3.02. The van der Waals surface area contributed by atoms with E-state index in [4.69, 9.17) is 4.55 Å². The fourth-order valence-electron chi connectivity index (χ4n) is 2.51. The first-order chi connectivity index (χ1) is 9.29. The van der Waals surface area contributed by atoms with E-state index < -0.39 is 15.0 Å². The highest BCUT2D eigenvalue weighted by atomic mass is 32.2. The maximum Gasteiger partial charge on any atom is 0.294 e. The summed E-state index contributed by atoms with van der Waals surface area (Å²) in [5.74, 6) is -0.0618. The van der Waals surface area contributed by atoms with Crippen LogP contribution < -0.4 is 0 Å². The van der Waals surface area contributed by atoms with Crippen LogP contribution in [0.3, 0.4) is 0 Å². The Morgan fingerprint density at radius 3 is 2.45 bits per heavy atom. The lowest BCUT2D eigenvalue weighted by Crippen LogP contribution is -2.29. The molecule has 0 unspecified atom stereocenters. The number of likely N-dealkylation sites (tertiary alicyclic amines) is 1. The van der Waals surface area contributed by atoms with Crippen LogP contribution in [0.4, 0.5) is 5.69 Å². The number of hydrogen-bond donors (Lipinski definition) is 1. The Balaban J connectivity index is 2.45. The number of benzene rings is 1. The SMILES string of the molecule is CN1CCC(c2cc(S(=O)(=O)O)ccc2[N+](=O)[O-])CC1. The van der Waals surface area contributed by atoms with Crippen LogP contribution in [0.1, 0.15) is 24.3 Å². The van der Waals surface area contributed by atoms with Gasteiger partial charge in [-0.15, -0.1) is 0 Å². The third-order valence-electron chi connectivity index (χ3n) is 3.65. The van der Waals surface area contributed by atoms with Gasteiger partial charge in [-0.2, -0.15) is 8.42 Å². The molecule has 0 bridgehead atoms. The standard InChI is InChI=1S/C12H16N2O5S/c1-13-6-4-9(5-7-13)11-8-10(20(17,18)19)2-3-12(11)14(15)16/h2-3,8-9H,4-7H2,1H3,(H,17,18,19). The molecule has 1 aromatic rings. The number of piperidine rings is 1. The molecule has 8 heteroatoms. The molecule has 0 saturated carbocycles. The van der Waals surface area contributed by atoms with Gasteiger partial charge in [0.1, 0.15) is 0 Å². The first-order valence-corrected chi connectivity index (χ1v) is 7.67. The zero-order valence-corrected chi connectivity index (χ0v) is 11.8. The second-order valence-electron chi connectivity index (χ2n) is 5.03. The Morgan fingerprint density at radius 1 is 1.35 bits per heavy atom. The highest BCUT2D eigenvalue weighted by Gasteiger charge is 2.27. The van der Waals surface area contributed by atoms with Gasteiger partial charge in [-0.3, -0.25) is 14.7 Å². The van der Waals surface area contributed by atoms with Crippen molar-refractivity contribution in [1.82, 2.24) is 4.90 Å². The molecule has 0 spiro atoms. The molecule has 1 aliphatic heterocycles. The van der Waals surface area contributed by atoms with Crippen molar-refractivity contribution < 1.29 is 17.9 Å². The molecule has 1 N–H and O–H groups in total. The summed E-state index contributed by atoms with van der Waals surface area (Å²) in [5.41, 5.74) is 0.296. The Kier molecular flexibility index (Phi) is 4.07. The van der Waals surface area contributed by atoms with Crippen molar-refractivity contribution in [3.8, 4) is 0 Å². The molecule has 7 nitrogen and oxygen atoms in total. The maximum atomic E-state index is 11.2. The van der Waals surface area contributed by atoms with Crippen molar-refractivity contribution in [1.29, 1.82) is 0 Å². The summed E-state index contributed by atoms with van der Waals surface area (Å²) in [6, 6.07) is 3.44. The third-order valence-corrected chi connectivity index (χ3v) is 4.50. The topological polar surface area (TPSA) is 101 Å². The Labute approximate surface area is 117 Å². The lowest BCUT2D eigenvalue weighted by Gasteiger charge is -2.29. The first kappa shape index (κ1) is 14.9. The molecular formula is C12H16N2O5S. The van der Waals surface area contributed by atoms with E-state index in [-0.39, 0.29) is 16.5 Å². The average Bonchev–Trinajstić information content (AvgIpc) is 2.37. The second kappa shape index (κ2) is 5.47. The minimum absolute atomic E-state index is 0.0618. The zero-order chi connectivity index (χ0) is 14.9. The van der Waals surface area contributed by atoms with Crippen LogP contribution in [-0.2, 0) is 10.1 Å². The normalized spacial score (nSPS) is 18.1. The maximum absolute atomic E-state index is 11.2. The highest BCUT2D eigenvalue weighted by molar-refractivity contribution is 7.85. The van der Waals surface area contributed by atoms with Crippen molar-refractivity contribution in [3.05, 3.63) is 33.9 Å². The molecule has 110 valence electrons. The molecule has 0 amide bonds. The van der Waals surface area contributed by atoms with Crippen LogP contribution >= 0.6 is 0 Å². The van der Waals surface area contributed by atoms with Gasteiger partial charge in [0, 0.05) is 11.6 Å². The average molecular weight is 300 g/mol. The van der Waals surface area contributed by atoms with Crippen molar-refractivity contribution in [2.24, 2.45) is 0 Å². The summed E-state index contributed by atoms with van der Waals surface area (Å²) in [7, 11) is -2.38. The molecule has 2 rings (SSSR count). The smallest absolute Gasteiger partial charge is 0.294 e. The Bertz CT molecular complexity index is 621. The second-order valence-corrected chi connectivity index (χ2v) is 6.45. The molecule has 1 aromatic carbocycles. The van der Waals surface area contributed by atoms with E-state index in [2.05, 4.69) is 4.90 Å². The van der Waals surface area contributed by atoms with E-state index in [1.54, 1.807) is 0 Å². The third kappa shape index (κ3) is 3.14. The number of nitrogens with zero attached hydrogens (tertiary/aromatic N) is 2. The highest BCUT2D eigenvalue weighted by Crippen LogP contribution is 2.35. The number of nitro groups is 1. The molecule has 1 heterocycles. The number of hydrogen-bond acceptors (Lipinski definition) is 5. The summed E-state index contributed by atoms with van der Waals surface area (Å²) < 4.78 is 31.4. The summed E-state index contributed by atoms with van der Waals surface area (Å²) in [4.78, 5) is 12.4. The van der Waals surface area contributed by atoms with Gasteiger partial charge in [-0.05, 0) is 51.0 Å². The molecule has 20 heavy (non-hydrogen) atoms. The Hall–Kier alpha value is -1.51. The zero-order valence-electron chi connectivity index (χ0n) is 11.0. The largest absolute Gasteiger partial charge is 0.306 e. The molecule has 1 fully saturated rings. The van der Waals surface area contributed by atoms with Crippen LogP contribution in [-0.4, -0.2) is 42.9 Å². The monoisotopic (exact) mass is 300 g/mol. The fraction of sp³-hybridized carbons (Fsp3) is 0.500. The van der Waals surface area contributed by atoms with E-state index in [1.165, 1.54) is 6.07 Å². The van der Waals surface area contributed by atoms with E-state index >= 15 is 0 Å². The van der Waals surface area contributed by atoms with Crippen LogP contribution in [0.25, 0.3) is 0 Å². The molecule has 0 atom stereocenters. The molecule has 0 radical (unpaired) electrons. The molecule has 1 saturated heterocycles. The first-order valence-electron chi connectivity index (χ1n) is 6.23.